The largest absolute Gasteiger partial charge is 0.349 e. The molecule has 3 aromatic rings. The average Bonchev–Trinajstić information content (AvgIpc) is 3.48. The molecule has 0 fully saturated rings. The van der Waals surface area contributed by atoms with Gasteiger partial charge in [-0.05, 0) is 65.6 Å². The van der Waals surface area contributed by atoms with E-state index in [1.165, 1.54) is 5.56 Å². The minimum Gasteiger partial charge on any atom is -0.349 e. The van der Waals surface area contributed by atoms with Crippen LogP contribution in [0.1, 0.15) is 88.4 Å². The lowest BCUT2D eigenvalue weighted by atomic mass is 9.87. The van der Waals surface area contributed by atoms with Crippen molar-refractivity contribution in [2.45, 2.75) is 96.7 Å². The van der Waals surface area contributed by atoms with Crippen LogP contribution in [0.4, 0.5) is 0 Å². The highest BCUT2D eigenvalue weighted by atomic mass is 16.2. The molecule has 0 heterocycles. The highest BCUT2D eigenvalue weighted by Crippen LogP contribution is 2.31. The maximum Gasteiger partial charge on any atom is 0.243 e. The number of aryl methyl sites for hydroxylation is 1. The first kappa shape index (κ1) is 34.8. The summed E-state index contributed by atoms with van der Waals surface area (Å²) >= 11 is 0. The molecule has 8 heteroatoms. The number of carbonyl (C=O) groups excluding carboxylic acids is 4. The summed E-state index contributed by atoms with van der Waals surface area (Å²) in [6.45, 7) is 6.17. The lowest BCUT2D eigenvalue weighted by Crippen LogP contribution is -2.54. The van der Waals surface area contributed by atoms with Crippen molar-refractivity contribution in [3.05, 3.63) is 83.4 Å². The Hall–Kier alpha value is -4.04. The van der Waals surface area contributed by atoms with Crippen LogP contribution in [-0.4, -0.2) is 42.1 Å². The van der Waals surface area contributed by atoms with Crippen LogP contribution < -0.4 is 21.7 Å². The first-order chi connectivity index (χ1) is 22.2. The van der Waals surface area contributed by atoms with E-state index >= 15 is 0 Å². The number of benzene rings is 3. The van der Waals surface area contributed by atoms with Gasteiger partial charge >= 0.3 is 0 Å². The fraction of sp³-hybridized carbons (Fsp3) is 0.474. The SMILES string of the molecule is CCC(=O)N[C@@H](Cc1ccc2ccccc2c1)C(=O)N[C@H](C(=O)C[C@@H](CCCCN)C(=O)N[C@H]1CCc2ccccc21)[C@@H](C)CC. The highest BCUT2D eigenvalue weighted by Gasteiger charge is 2.34. The summed E-state index contributed by atoms with van der Waals surface area (Å²) in [4.78, 5) is 53.9. The molecule has 0 saturated heterocycles. The van der Waals surface area contributed by atoms with Gasteiger partial charge in [0.1, 0.15) is 6.04 Å². The highest BCUT2D eigenvalue weighted by molar-refractivity contribution is 5.95. The predicted molar refractivity (Wildman–Crippen MR) is 183 cm³/mol. The number of amides is 3. The van der Waals surface area contributed by atoms with Crippen molar-refractivity contribution in [2.24, 2.45) is 17.6 Å². The van der Waals surface area contributed by atoms with Crippen molar-refractivity contribution in [3.8, 4) is 0 Å². The van der Waals surface area contributed by atoms with E-state index in [9.17, 15) is 19.2 Å². The fourth-order valence-electron chi connectivity index (χ4n) is 6.36. The lowest BCUT2D eigenvalue weighted by Gasteiger charge is -2.28. The van der Waals surface area contributed by atoms with Crippen LogP contribution in [-0.2, 0) is 32.0 Å². The van der Waals surface area contributed by atoms with Gasteiger partial charge in [-0.3, -0.25) is 19.2 Å². The van der Waals surface area contributed by atoms with Gasteiger partial charge in [0.2, 0.25) is 17.7 Å². The molecule has 0 saturated carbocycles. The van der Waals surface area contributed by atoms with E-state index in [1.807, 2.05) is 68.4 Å². The number of Topliss-reactive ketones (excluding diaryl/α,β-unsaturated/α-hetero) is 1. The van der Waals surface area contributed by atoms with Crippen LogP contribution in [0, 0.1) is 11.8 Å². The summed E-state index contributed by atoms with van der Waals surface area (Å²) in [5, 5.41) is 11.2. The Morgan fingerprint density at radius 2 is 1.63 bits per heavy atom. The molecule has 1 aliphatic rings. The molecular formula is C38H50N4O4. The molecule has 5 atom stereocenters. The Labute approximate surface area is 273 Å². The van der Waals surface area contributed by atoms with Gasteiger partial charge in [-0.2, -0.15) is 0 Å². The van der Waals surface area contributed by atoms with E-state index < -0.39 is 23.9 Å². The van der Waals surface area contributed by atoms with E-state index in [2.05, 4.69) is 28.1 Å². The van der Waals surface area contributed by atoms with Crippen LogP contribution in [0.15, 0.2) is 66.7 Å². The molecule has 1 aliphatic carbocycles. The molecule has 0 aliphatic heterocycles. The zero-order valence-corrected chi connectivity index (χ0v) is 27.5. The van der Waals surface area contributed by atoms with Gasteiger partial charge < -0.3 is 21.7 Å². The van der Waals surface area contributed by atoms with Crippen molar-refractivity contribution in [1.29, 1.82) is 0 Å². The zero-order valence-electron chi connectivity index (χ0n) is 27.5. The van der Waals surface area contributed by atoms with E-state index in [1.54, 1.807) is 6.92 Å². The summed E-state index contributed by atoms with van der Waals surface area (Å²) in [6, 6.07) is 20.4. The number of carbonyl (C=O) groups is 4. The molecule has 0 spiro atoms. The van der Waals surface area contributed by atoms with Crippen molar-refractivity contribution < 1.29 is 19.2 Å². The molecule has 5 N–H and O–H groups in total. The molecule has 0 bridgehead atoms. The summed E-state index contributed by atoms with van der Waals surface area (Å²) in [5.41, 5.74) is 9.04. The molecule has 0 aromatic heterocycles. The van der Waals surface area contributed by atoms with Gasteiger partial charge in [-0.1, -0.05) is 100 Å². The van der Waals surface area contributed by atoms with E-state index in [4.69, 9.17) is 5.73 Å². The van der Waals surface area contributed by atoms with E-state index in [0.717, 1.165) is 47.6 Å². The molecule has 8 nitrogen and oxygen atoms in total. The molecule has 46 heavy (non-hydrogen) atoms. The summed E-state index contributed by atoms with van der Waals surface area (Å²) in [5.74, 6) is -1.63. The Morgan fingerprint density at radius 1 is 0.891 bits per heavy atom. The van der Waals surface area contributed by atoms with Crippen LogP contribution in [0.2, 0.25) is 0 Å². The number of ketones is 1. The summed E-state index contributed by atoms with van der Waals surface area (Å²) in [7, 11) is 0. The maximum atomic E-state index is 14.0. The van der Waals surface area contributed by atoms with Crippen molar-refractivity contribution >= 4 is 34.3 Å². The van der Waals surface area contributed by atoms with Crippen LogP contribution in [0.5, 0.6) is 0 Å². The number of hydrogen-bond acceptors (Lipinski definition) is 5. The van der Waals surface area contributed by atoms with Gasteiger partial charge in [0.15, 0.2) is 5.78 Å². The number of hydrogen-bond donors (Lipinski definition) is 4. The van der Waals surface area contributed by atoms with Crippen LogP contribution in [0.25, 0.3) is 10.8 Å². The third-order valence-corrected chi connectivity index (χ3v) is 9.36. The molecule has 3 amide bonds. The molecule has 0 unspecified atom stereocenters. The normalized spacial score (nSPS) is 16.6. The summed E-state index contributed by atoms with van der Waals surface area (Å²) < 4.78 is 0. The van der Waals surface area contributed by atoms with Gasteiger partial charge in [0.05, 0.1) is 12.1 Å². The van der Waals surface area contributed by atoms with Gasteiger partial charge in [-0.15, -0.1) is 0 Å². The standard InChI is InChI=1S/C38H50N4O4/c1-4-25(3)36(42-38(46)33(40-35(44)5-2)23-26-17-18-27-12-6-7-14-29(27)22-26)34(43)24-30(15-10-11-21-39)37(45)41-32-20-19-28-13-8-9-16-31(28)32/h6-9,12-14,16-18,22,25,30,32-33,36H,4-5,10-11,15,19-21,23-24,39H2,1-3H3,(H,40,44)(H,41,45)(H,42,46)/t25-,30+,32-,33-,36-/m0/s1. The summed E-state index contributed by atoms with van der Waals surface area (Å²) in [6.07, 6.45) is 5.01. The number of nitrogens with one attached hydrogen (secondary N) is 3. The minimum atomic E-state index is -0.848. The Morgan fingerprint density at radius 3 is 2.37 bits per heavy atom. The smallest absolute Gasteiger partial charge is 0.243 e. The third kappa shape index (κ3) is 9.25. The number of nitrogens with two attached hydrogens (primary N) is 1. The van der Waals surface area contributed by atoms with Crippen molar-refractivity contribution in [2.75, 3.05) is 6.54 Å². The van der Waals surface area contributed by atoms with Crippen LogP contribution in [0.3, 0.4) is 0 Å². The first-order valence-corrected chi connectivity index (χ1v) is 16.9. The first-order valence-electron chi connectivity index (χ1n) is 16.9. The maximum absolute atomic E-state index is 14.0. The minimum absolute atomic E-state index is 0.0245. The second-order valence-electron chi connectivity index (χ2n) is 12.7. The zero-order chi connectivity index (χ0) is 33.1. The van der Waals surface area contributed by atoms with Gasteiger partial charge in [-0.25, -0.2) is 0 Å². The van der Waals surface area contributed by atoms with Crippen molar-refractivity contribution in [3.63, 3.8) is 0 Å². The van der Waals surface area contributed by atoms with E-state index in [-0.39, 0.29) is 48.8 Å². The molecule has 0 radical (unpaired) electrons. The lowest BCUT2D eigenvalue weighted by molar-refractivity contribution is -0.134. The Balaban J connectivity index is 1.49. The number of rotatable bonds is 17. The predicted octanol–water partition coefficient (Wildman–Crippen LogP) is 5.32. The van der Waals surface area contributed by atoms with E-state index in [0.29, 0.717) is 19.4 Å². The Kier molecular flexibility index (Phi) is 12.9. The molecule has 4 rings (SSSR count). The second kappa shape index (κ2) is 17.0. The Bertz CT molecular complexity index is 1500. The number of fused-ring (bicyclic) bond motifs is 2. The quantitative estimate of drug-likeness (QED) is 0.151. The van der Waals surface area contributed by atoms with Crippen LogP contribution >= 0.6 is 0 Å². The van der Waals surface area contributed by atoms with Gasteiger partial charge in [0, 0.05) is 25.2 Å². The molecule has 246 valence electrons. The van der Waals surface area contributed by atoms with Crippen molar-refractivity contribution in [1.82, 2.24) is 16.0 Å². The third-order valence-electron chi connectivity index (χ3n) is 9.36. The van der Waals surface area contributed by atoms with Gasteiger partial charge in [0.25, 0.3) is 0 Å². The second-order valence-corrected chi connectivity index (χ2v) is 12.7. The fourth-order valence-corrected chi connectivity index (χ4v) is 6.36. The molecular weight excluding hydrogens is 576 g/mol. The topological polar surface area (TPSA) is 130 Å². The average molecular weight is 627 g/mol. The molecule has 3 aromatic carbocycles. The monoisotopic (exact) mass is 626 g/mol. The number of unbranched alkanes of at least 4 members (excludes halogenated alkanes) is 1.